The molecule has 0 aromatic heterocycles. The minimum atomic E-state index is -0.123. The van der Waals surface area contributed by atoms with Crippen molar-refractivity contribution in [2.45, 2.75) is 25.7 Å². The van der Waals surface area contributed by atoms with E-state index in [0.717, 1.165) is 29.2 Å². The number of Topliss-reactive ketones (excluding diaryl/α,β-unsaturated/α-hetero) is 2. The molecule has 0 N–H and O–H groups in total. The summed E-state index contributed by atoms with van der Waals surface area (Å²) in [6.45, 7) is 0. The van der Waals surface area contributed by atoms with E-state index in [-0.39, 0.29) is 11.6 Å². The average Bonchev–Trinajstić information content (AvgIpc) is 2.68. The number of rotatable bonds is 5. The number of fused-ring (bicyclic) bond motifs is 2. The highest BCUT2D eigenvalue weighted by Crippen LogP contribution is 2.27. The van der Waals surface area contributed by atoms with Crippen LogP contribution in [0.15, 0.2) is 78.4 Å². The number of aryl methyl sites for hydroxylation is 1. The lowest BCUT2D eigenvalue weighted by atomic mass is 9.85. The Morgan fingerprint density at radius 2 is 1.58 bits per heavy atom. The van der Waals surface area contributed by atoms with E-state index in [1.54, 1.807) is 0 Å². The highest BCUT2D eigenvalue weighted by atomic mass is 16.1. The van der Waals surface area contributed by atoms with Crippen molar-refractivity contribution in [3.8, 4) is 0 Å². The molecule has 0 aliphatic heterocycles. The number of hydrogen-bond acceptors (Lipinski definition) is 2. The molecular weight excluding hydrogens is 320 g/mol. The molecule has 0 unspecified atom stereocenters. The molecule has 0 heterocycles. The molecule has 26 heavy (non-hydrogen) atoms. The second-order valence-electron chi connectivity index (χ2n) is 6.77. The van der Waals surface area contributed by atoms with Crippen molar-refractivity contribution in [1.82, 2.24) is 0 Å². The monoisotopic (exact) mass is 340 g/mol. The van der Waals surface area contributed by atoms with E-state index in [1.807, 2.05) is 54.6 Å². The van der Waals surface area contributed by atoms with Crippen LogP contribution in [0.2, 0.25) is 0 Å². The quantitative estimate of drug-likeness (QED) is 0.606. The van der Waals surface area contributed by atoms with Gasteiger partial charge >= 0.3 is 0 Å². The Morgan fingerprint density at radius 1 is 0.885 bits per heavy atom. The summed E-state index contributed by atoms with van der Waals surface area (Å²) in [6, 6.07) is 22.1. The molecule has 4 rings (SSSR count). The molecule has 0 spiro atoms. The van der Waals surface area contributed by atoms with Gasteiger partial charge in [-0.3, -0.25) is 9.59 Å². The van der Waals surface area contributed by atoms with Gasteiger partial charge in [0.25, 0.3) is 0 Å². The van der Waals surface area contributed by atoms with Crippen LogP contribution in [0.5, 0.6) is 0 Å². The SMILES string of the molecule is O=C(CCCc1ccccc1)C1=CCc2cc3ccccc3cc2C1=O. The van der Waals surface area contributed by atoms with Gasteiger partial charge in [-0.1, -0.05) is 66.7 Å². The van der Waals surface area contributed by atoms with Crippen LogP contribution >= 0.6 is 0 Å². The molecule has 0 amide bonds. The molecule has 3 aromatic carbocycles. The van der Waals surface area contributed by atoms with E-state index < -0.39 is 0 Å². The van der Waals surface area contributed by atoms with E-state index in [1.165, 1.54) is 5.56 Å². The third kappa shape index (κ3) is 3.23. The molecule has 2 nitrogen and oxygen atoms in total. The third-order valence-electron chi connectivity index (χ3n) is 5.00. The fourth-order valence-electron chi connectivity index (χ4n) is 3.59. The maximum Gasteiger partial charge on any atom is 0.196 e. The predicted molar refractivity (Wildman–Crippen MR) is 104 cm³/mol. The van der Waals surface area contributed by atoms with Crippen molar-refractivity contribution in [3.63, 3.8) is 0 Å². The number of allylic oxidation sites excluding steroid dienone is 2. The molecule has 0 saturated heterocycles. The van der Waals surface area contributed by atoms with Crippen molar-refractivity contribution in [2.24, 2.45) is 0 Å². The third-order valence-corrected chi connectivity index (χ3v) is 5.00. The maximum atomic E-state index is 12.8. The summed E-state index contributed by atoms with van der Waals surface area (Å²) < 4.78 is 0. The van der Waals surface area contributed by atoms with Gasteiger partial charge in [0.1, 0.15) is 0 Å². The molecule has 128 valence electrons. The standard InChI is InChI=1S/C24H20O2/c25-23(12-6-9-17-7-2-1-3-8-17)21-14-13-20-15-18-10-4-5-11-19(18)16-22(20)24(21)26/h1-5,7-8,10-11,14-16H,6,9,12-13H2. The smallest absolute Gasteiger partial charge is 0.196 e. The van der Waals surface area contributed by atoms with Crippen molar-refractivity contribution < 1.29 is 9.59 Å². The van der Waals surface area contributed by atoms with Crippen molar-refractivity contribution in [2.75, 3.05) is 0 Å². The van der Waals surface area contributed by atoms with Gasteiger partial charge < -0.3 is 0 Å². The zero-order valence-corrected chi connectivity index (χ0v) is 14.6. The van der Waals surface area contributed by atoms with Crippen LogP contribution in [-0.4, -0.2) is 11.6 Å². The van der Waals surface area contributed by atoms with Crippen LogP contribution in [-0.2, 0) is 17.6 Å². The van der Waals surface area contributed by atoms with E-state index in [4.69, 9.17) is 0 Å². The molecule has 0 saturated carbocycles. The number of carbonyl (C=O) groups excluding carboxylic acids is 2. The van der Waals surface area contributed by atoms with Gasteiger partial charge in [0, 0.05) is 12.0 Å². The zero-order chi connectivity index (χ0) is 17.9. The van der Waals surface area contributed by atoms with Crippen LogP contribution in [0.25, 0.3) is 10.8 Å². The van der Waals surface area contributed by atoms with Gasteiger partial charge in [-0.15, -0.1) is 0 Å². The lowest BCUT2D eigenvalue weighted by Crippen LogP contribution is -2.19. The zero-order valence-electron chi connectivity index (χ0n) is 14.6. The number of hydrogen-bond donors (Lipinski definition) is 0. The lowest BCUT2D eigenvalue weighted by Gasteiger charge is -2.16. The summed E-state index contributed by atoms with van der Waals surface area (Å²) in [5, 5.41) is 2.17. The summed E-state index contributed by atoms with van der Waals surface area (Å²) in [6.07, 6.45) is 4.48. The first kappa shape index (κ1) is 16.5. The predicted octanol–water partition coefficient (Wildman–Crippen LogP) is 5.10. The van der Waals surface area contributed by atoms with Gasteiger partial charge in [0.05, 0.1) is 5.57 Å². The molecule has 0 radical (unpaired) electrons. The Balaban J connectivity index is 1.48. The average molecular weight is 340 g/mol. The maximum absolute atomic E-state index is 12.8. The summed E-state index contributed by atoms with van der Waals surface area (Å²) in [5.74, 6) is -0.161. The van der Waals surface area contributed by atoms with E-state index in [2.05, 4.69) is 18.2 Å². The van der Waals surface area contributed by atoms with Crippen molar-refractivity contribution in [3.05, 3.63) is 95.1 Å². The topological polar surface area (TPSA) is 34.1 Å². The Morgan fingerprint density at radius 3 is 2.35 bits per heavy atom. The minimum absolute atomic E-state index is 0.0373. The highest BCUT2D eigenvalue weighted by molar-refractivity contribution is 6.28. The molecule has 2 heteroatoms. The molecule has 3 aromatic rings. The van der Waals surface area contributed by atoms with Crippen molar-refractivity contribution >= 4 is 22.3 Å². The normalized spacial score (nSPS) is 13.4. The first-order chi connectivity index (χ1) is 12.7. The van der Waals surface area contributed by atoms with Crippen LogP contribution in [0.1, 0.15) is 34.3 Å². The van der Waals surface area contributed by atoms with E-state index in [0.29, 0.717) is 24.0 Å². The molecule has 1 aliphatic carbocycles. The number of benzene rings is 3. The molecule has 1 aliphatic rings. The fourth-order valence-corrected chi connectivity index (χ4v) is 3.59. The minimum Gasteiger partial charge on any atom is -0.294 e. The van der Waals surface area contributed by atoms with Gasteiger partial charge in [-0.05, 0) is 47.2 Å². The summed E-state index contributed by atoms with van der Waals surface area (Å²) in [4.78, 5) is 25.4. The first-order valence-electron chi connectivity index (χ1n) is 9.06. The fraction of sp³-hybridized carbons (Fsp3) is 0.167. The molecule has 0 bridgehead atoms. The summed E-state index contributed by atoms with van der Waals surface area (Å²) >= 11 is 0. The first-order valence-corrected chi connectivity index (χ1v) is 9.06. The van der Waals surface area contributed by atoms with Crippen molar-refractivity contribution in [1.29, 1.82) is 0 Å². The Bertz CT molecular complexity index is 1010. The Hall–Kier alpha value is -3.00. The Kier molecular flexibility index (Phi) is 4.49. The van der Waals surface area contributed by atoms with Gasteiger partial charge in [0.2, 0.25) is 0 Å². The second-order valence-corrected chi connectivity index (χ2v) is 6.77. The molecule has 0 atom stereocenters. The van der Waals surface area contributed by atoms with Crippen LogP contribution in [0.3, 0.4) is 0 Å². The van der Waals surface area contributed by atoms with Gasteiger partial charge in [-0.2, -0.15) is 0 Å². The van der Waals surface area contributed by atoms with Gasteiger partial charge in [0.15, 0.2) is 11.6 Å². The Labute approximate surface area is 153 Å². The second kappa shape index (κ2) is 7.09. The molecule has 0 fully saturated rings. The highest BCUT2D eigenvalue weighted by Gasteiger charge is 2.25. The summed E-state index contributed by atoms with van der Waals surface area (Å²) in [7, 11) is 0. The van der Waals surface area contributed by atoms with Crippen LogP contribution in [0.4, 0.5) is 0 Å². The van der Waals surface area contributed by atoms with Gasteiger partial charge in [-0.25, -0.2) is 0 Å². The molecular formula is C24H20O2. The summed E-state index contributed by atoms with van der Waals surface area (Å²) in [5.41, 5.74) is 3.27. The van der Waals surface area contributed by atoms with Crippen LogP contribution in [0, 0.1) is 0 Å². The number of carbonyl (C=O) groups is 2. The van der Waals surface area contributed by atoms with E-state index in [9.17, 15) is 9.59 Å². The largest absolute Gasteiger partial charge is 0.294 e. The van der Waals surface area contributed by atoms with Crippen LogP contribution < -0.4 is 0 Å². The van der Waals surface area contributed by atoms with E-state index >= 15 is 0 Å². The number of ketones is 2. The lowest BCUT2D eigenvalue weighted by molar-refractivity contribution is -0.115.